The molecule has 202 valence electrons. The van der Waals surface area contributed by atoms with Gasteiger partial charge >= 0.3 is 0 Å². The molecule has 0 spiro atoms. The summed E-state index contributed by atoms with van der Waals surface area (Å²) < 4.78 is 41.8. The quantitative estimate of drug-likeness (QED) is 0.316. The van der Waals surface area contributed by atoms with Crippen molar-refractivity contribution < 1.29 is 22.4 Å². The minimum absolute atomic E-state index is 0.0110. The van der Waals surface area contributed by atoms with Crippen LogP contribution in [0.2, 0.25) is 5.02 Å². The number of sulfonamides is 1. The molecular formula is C28H31ClFN3O4S. The van der Waals surface area contributed by atoms with Crippen molar-refractivity contribution in [3.8, 4) is 0 Å². The maximum atomic E-state index is 13.8. The lowest BCUT2D eigenvalue weighted by Crippen LogP contribution is -2.51. The molecule has 0 fully saturated rings. The Morgan fingerprint density at radius 1 is 0.974 bits per heavy atom. The van der Waals surface area contributed by atoms with Crippen LogP contribution in [0.4, 0.5) is 10.1 Å². The number of unbranched alkanes of at least 4 members (excludes halogenated alkanes) is 1. The molecule has 0 radical (unpaired) electrons. The van der Waals surface area contributed by atoms with Crippen molar-refractivity contribution in [3.05, 3.63) is 95.3 Å². The average Bonchev–Trinajstić information content (AvgIpc) is 2.92. The highest BCUT2D eigenvalue weighted by molar-refractivity contribution is 7.92. The largest absolute Gasteiger partial charge is 0.354 e. The van der Waals surface area contributed by atoms with Gasteiger partial charge in [0.15, 0.2) is 0 Å². The monoisotopic (exact) mass is 559 g/mol. The predicted molar refractivity (Wildman–Crippen MR) is 147 cm³/mol. The third kappa shape index (κ3) is 7.33. The molecule has 0 saturated carbocycles. The predicted octanol–water partition coefficient (Wildman–Crippen LogP) is 5.01. The number of carbonyl (C=O) groups is 2. The number of nitrogens with zero attached hydrogens (tertiary/aromatic N) is 2. The van der Waals surface area contributed by atoms with E-state index in [2.05, 4.69) is 5.32 Å². The van der Waals surface area contributed by atoms with E-state index in [1.54, 1.807) is 37.3 Å². The van der Waals surface area contributed by atoms with E-state index in [9.17, 15) is 22.4 Å². The summed E-state index contributed by atoms with van der Waals surface area (Å²) in [7, 11) is -4.20. The average molecular weight is 560 g/mol. The molecule has 0 aliphatic rings. The summed E-state index contributed by atoms with van der Waals surface area (Å²) in [5.74, 6) is -1.42. The van der Waals surface area contributed by atoms with Crippen molar-refractivity contribution >= 4 is 39.1 Å². The van der Waals surface area contributed by atoms with Gasteiger partial charge in [-0.1, -0.05) is 67.4 Å². The summed E-state index contributed by atoms with van der Waals surface area (Å²) in [6.07, 6.45) is 1.66. The molecular weight excluding hydrogens is 529 g/mol. The summed E-state index contributed by atoms with van der Waals surface area (Å²) in [6.45, 7) is 3.40. The van der Waals surface area contributed by atoms with Crippen molar-refractivity contribution in [1.29, 1.82) is 0 Å². The number of benzene rings is 3. The first-order valence-electron chi connectivity index (χ1n) is 12.3. The number of para-hydroxylation sites is 1. The Morgan fingerprint density at radius 2 is 1.61 bits per heavy atom. The molecule has 3 rings (SSSR count). The lowest BCUT2D eigenvalue weighted by atomic mass is 10.1. The van der Waals surface area contributed by atoms with E-state index in [1.165, 1.54) is 53.4 Å². The fraction of sp³-hybridized carbons (Fsp3) is 0.286. The molecule has 7 nitrogen and oxygen atoms in total. The normalized spacial score (nSPS) is 12.0. The number of halogens is 2. The van der Waals surface area contributed by atoms with Crippen LogP contribution in [0.5, 0.6) is 0 Å². The minimum Gasteiger partial charge on any atom is -0.354 e. The van der Waals surface area contributed by atoms with E-state index in [0.29, 0.717) is 12.1 Å². The van der Waals surface area contributed by atoms with E-state index < -0.39 is 34.3 Å². The first-order valence-corrected chi connectivity index (χ1v) is 14.1. The van der Waals surface area contributed by atoms with Crippen molar-refractivity contribution in [2.45, 2.75) is 44.2 Å². The number of hydrogen-bond donors (Lipinski definition) is 1. The van der Waals surface area contributed by atoms with Crippen LogP contribution in [0.25, 0.3) is 0 Å². The van der Waals surface area contributed by atoms with E-state index >= 15 is 0 Å². The first-order chi connectivity index (χ1) is 18.1. The molecule has 0 aromatic heterocycles. The van der Waals surface area contributed by atoms with Crippen LogP contribution >= 0.6 is 11.6 Å². The molecule has 0 aliphatic carbocycles. The number of anilines is 1. The molecule has 2 amide bonds. The van der Waals surface area contributed by atoms with Gasteiger partial charge in [0.25, 0.3) is 10.0 Å². The van der Waals surface area contributed by atoms with Gasteiger partial charge in [-0.05, 0) is 55.3 Å². The number of rotatable bonds is 12. The zero-order valence-electron chi connectivity index (χ0n) is 21.3. The van der Waals surface area contributed by atoms with Gasteiger partial charge in [-0.15, -0.1) is 0 Å². The molecule has 0 saturated heterocycles. The highest BCUT2D eigenvalue weighted by Gasteiger charge is 2.33. The van der Waals surface area contributed by atoms with Gasteiger partial charge in [0.1, 0.15) is 18.4 Å². The first kappa shape index (κ1) is 29.1. The third-order valence-electron chi connectivity index (χ3n) is 5.99. The van der Waals surface area contributed by atoms with E-state index in [-0.39, 0.29) is 28.1 Å². The third-order valence-corrected chi connectivity index (χ3v) is 8.09. The summed E-state index contributed by atoms with van der Waals surface area (Å²) in [4.78, 5) is 28.0. The number of nitrogens with one attached hydrogen (secondary N) is 1. The summed E-state index contributed by atoms with van der Waals surface area (Å²) in [6, 6.07) is 18.7. The van der Waals surface area contributed by atoms with Crippen LogP contribution in [0.1, 0.15) is 32.3 Å². The van der Waals surface area contributed by atoms with Gasteiger partial charge in [0, 0.05) is 13.1 Å². The zero-order valence-corrected chi connectivity index (χ0v) is 22.9. The maximum absolute atomic E-state index is 13.8. The van der Waals surface area contributed by atoms with Crippen molar-refractivity contribution in [1.82, 2.24) is 10.2 Å². The molecule has 1 N–H and O–H groups in total. The molecule has 0 aliphatic heterocycles. The van der Waals surface area contributed by atoms with Crippen LogP contribution in [0, 0.1) is 5.82 Å². The van der Waals surface area contributed by atoms with Crippen LogP contribution in [0.15, 0.2) is 83.8 Å². The number of carbonyl (C=O) groups excluding carboxylic acids is 2. The summed E-state index contributed by atoms with van der Waals surface area (Å²) in [5.41, 5.74) is 0.719. The lowest BCUT2D eigenvalue weighted by molar-refractivity contribution is -0.139. The molecule has 3 aromatic carbocycles. The van der Waals surface area contributed by atoms with Gasteiger partial charge in [-0.25, -0.2) is 12.8 Å². The Kier molecular flexibility index (Phi) is 10.3. The van der Waals surface area contributed by atoms with Crippen molar-refractivity contribution in [2.75, 3.05) is 17.4 Å². The van der Waals surface area contributed by atoms with Crippen LogP contribution in [0.3, 0.4) is 0 Å². The Balaban J connectivity index is 1.99. The Morgan fingerprint density at radius 3 is 2.24 bits per heavy atom. The minimum atomic E-state index is -4.20. The smallest absolute Gasteiger partial charge is 0.264 e. The molecule has 0 unspecified atom stereocenters. The highest BCUT2D eigenvalue weighted by atomic mass is 35.5. The van der Waals surface area contributed by atoms with Crippen molar-refractivity contribution in [3.63, 3.8) is 0 Å². The second-order valence-electron chi connectivity index (χ2n) is 8.74. The maximum Gasteiger partial charge on any atom is 0.264 e. The number of hydrogen-bond acceptors (Lipinski definition) is 4. The molecule has 0 heterocycles. The van der Waals surface area contributed by atoms with Gasteiger partial charge in [-0.2, -0.15) is 0 Å². The number of amides is 2. The molecule has 10 heteroatoms. The second-order valence-corrected chi connectivity index (χ2v) is 11.0. The topological polar surface area (TPSA) is 86.8 Å². The summed E-state index contributed by atoms with van der Waals surface area (Å²) in [5, 5.41) is 2.97. The van der Waals surface area contributed by atoms with E-state index in [0.717, 1.165) is 17.1 Å². The molecule has 38 heavy (non-hydrogen) atoms. The Hall–Kier alpha value is -3.43. The SMILES string of the molecule is CCCCNC(=O)[C@H](C)N(Cc1ccc(F)cc1)C(=O)CN(c1ccccc1Cl)S(=O)(=O)c1ccccc1. The van der Waals surface area contributed by atoms with E-state index in [4.69, 9.17) is 11.6 Å². The van der Waals surface area contributed by atoms with Gasteiger partial charge in [0.05, 0.1) is 15.6 Å². The lowest BCUT2D eigenvalue weighted by Gasteiger charge is -2.32. The van der Waals surface area contributed by atoms with Crippen LogP contribution in [-0.4, -0.2) is 44.3 Å². The second kappa shape index (κ2) is 13.4. The Bertz CT molecular complexity index is 1340. The van der Waals surface area contributed by atoms with E-state index in [1.807, 2.05) is 6.92 Å². The van der Waals surface area contributed by atoms with Gasteiger partial charge in [-0.3, -0.25) is 13.9 Å². The fourth-order valence-corrected chi connectivity index (χ4v) is 5.53. The van der Waals surface area contributed by atoms with Gasteiger partial charge in [0.2, 0.25) is 11.8 Å². The highest BCUT2D eigenvalue weighted by Crippen LogP contribution is 2.30. The van der Waals surface area contributed by atoms with Gasteiger partial charge < -0.3 is 10.2 Å². The standard InChI is InChI=1S/C28H31ClFN3O4S/c1-3-4-18-31-28(35)21(2)32(19-22-14-16-23(30)17-15-22)27(34)20-33(26-13-9-8-12-25(26)29)38(36,37)24-10-6-5-7-11-24/h5-17,21H,3-4,18-20H2,1-2H3,(H,31,35)/t21-/m0/s1. The summed E-state index contributed by atoms with van der Waals surface area (Å²) >= 11 is 6.37. The fourth-order valence-electron chi connectivity index (χ4n) is 3.79. The zero-order chi connectivity index (χ0) is 27.7. The molecule has 0 bridgehead atoms. The molecule has 3 aromatic rings. The van der Waals surface area contributed by atoms with Crippen LogP contribution < -0.4 is 9.62 Å². The van der Waals surface area contributed by atoms with Crippen molar-refractivity contribution in [2.24, 2.45) is 0 Å². The Labute approximate surface area is 228 Å². The van der Waals surface area contributed by atoms with Crippen LogP contribution in [-0.2, 0) is 26.2 Å². The molecule has 1 atom stereocenters.